The van der Waals surface area contributed by atoms with Gasteiger partial charge in [0.15, 0.2) is 5.82 Å². The summed E-state index contributed by atoms with van der Waals surface area (Å²) in [6.45, 7) is 9.03. The third-order valence-corrected chi connectivity index (χ3v) is 5.66. The Morgan fingerprint density at radius 3 is 2.28 bits per heavy atom. The second-order valence-corrected chi connectivity index (χ2v) is 9.42. The predicted molar refractivity (Wildman–Crippen MR) is 117 cm³/mol. The molecule has 1 aliphatic rings. The zero-order chi connectivity index (χ0) is 20.8. The number of rotatable bonds is 3. The first-order valence-corrected chi connectivity index (χ1v) is 10.1. The van der Waals surface area contributed by atoms with Crippen LogP contribution < -0.4 is 10.2 Å². The van der Waals surface area contributed by atoms with E-state index in [2.05, 4.69) is 60.1 Å². The molecule has 0 amide bonds. The highest BCUT2D eigenvalue weighted by atomic mass is 16.3. The molecule has 0 saturated carbocycles. The Morgan fingerprint density at radius 1 is 0.931 bits per heavy atom. The molecule has 3 heterocycles. The van der Waals surface area contributed by atoms with E-state index < -0.39 is 0 Å². The quantitative estimate of drug-likeness (QED) is 0.699. The van der Waals surface area contributed by atoms with Gasteiger partial charge in [-0.3, -0.25) is 0 Å². The minimum Gasteiger partial charge on any atom is -0.508 e. The van der Waals surface area contributed by atoms with Crippen LogP contribution in [0.3, 0.4) is 0 Å². The first kappa shape index (κ1) is 19.6. The second kappa shape index (κ2) is 6.95. The van der Waals surface area contributed by atoms with Gasteiger partial charge in [-0.1, -0.05) is 6.07 Å². The fourth-order valence-electron chi connectivity index (χ4n) is 4.63. The van der Waals surface area contributed by atoms with Gasteiger partial charge in [0.05, 0.1) is 11.2 Å². The molecule has 0 aliphatic carbocycles. The summed E-state index contributed by atoms with van der Waals surface area (Å²) in [6.07, 6.45) is 2.10. The average Bonchev–Trinajstić information content (AvgIpc) is 2.64. The third kappa shape index (κ3) is 4.17. The van der Waals surface area contributed by atoms with Gasteiger partial charge in [-0.05, 0) is 76.9 Å². The minimum absolute atomic E-state index is 0.0808. The van der Waals surface area contributed by atoms with E-state index in [1.165, 1.54) is 0 Å². The van der Waals surface area contributed by atoms with Gasteiger partial charge in [-0.25, -0.2) is 4.98 Å². The normalized spacial score (nSPS) is 18.7. The highest BCUT2D eigenvalue weighted by Crippen LogP contribution is 2.32. The zero-order valence-electron chi connectivity index (χ0n) is 17.8. The van der Waals surface area contributed by atoms with Crippen LogP contribution in [0.25, 0.3) is 22.3 Å². The van der Waals surface area contributed by atoms with Gasteiger partial charge in [-0.2, -0.15) is 0 Å². The summed E-state index contributed by atoms with van der Waals surface area (Å²) >= 11 is 0. The lowest BCUT2D eigenvalue weighted by atomic mass is 9.79. The number of phenols is 1. The van der Waals surface area contributed by atoms with Crippen molar-refractivity contribution in [3.63, 3.8) is 0 Å². The number of nitrogens with one attached hydrogen (secondary N) is 1. The molecule has 1 saturated heterocycles. The molecule has 6 nitrogen and oxygen atoms in total. The van der Waals surface area contributed by atoms with E-state index in [4.69, 9.17) is 0 Å². The number of hydrogen-bond donors (Lipinski definition) is 2. The van der Waals surface area contributed by atoms with Crippen molar-refractivity contribution >= 4 is 16.7 Å². The molecular weight excluding hydrogens is 362 g/mol. The minimum atomic E-state index is 0.0808. The number of phenolic OH excluding ortho intramolecular Hbond substituents is 1. The van der Waals surface area contributed by atoms with Crippen molar-refractivity contribution in [1.29, 1.82) is 0 Å². The zero-order valence-corrected chi connectivity index (χ0v) is 17.8. The lowest BCUT2D eigenvalue weighted by Gasteiger charge is -2.49. The highest BCUT2D eigenvalue weighted by Gasteiger charge is 2.39. The third-order valence-electron chi connectivity index (χ3n) is 5.66. The molecule has 2 aromatic heterocycles. The predicted octanol–water partition coefficient (Wildman–Crippen LogP) is 4.14. The fraction of sp³-hybridized carbons (Fsp3) is 0.435. The molecule has 152 valence electrons. The van der Waals surface area contributed by atoms with Crippen LogP contribution in [0, 0.1) is 0 Å². The molecule has 1 aromatic carbocycles. The van der Waals surface area contributed by atoms with Gasteiger partial charge in [0.1, 0.15) is 11.4 Å². The summed E-state index contributed by atoms with van der Waals surface area (Å²) in [5.41, 5.74) is 2.49. The first-order chi connectivity index (χ1) is 13.6. The first-order valence-electron chi connectivity index (χ1n) is 10.1. The van der Waals surface area contributed by atoms with Crippen molar-refractivity contribution in [2.75, 3.05) is 11.9 Å². The van der Waals surface area contributed by atoms with E-state index in [9.17, 15) is 5.11 Å². The summed E-state index contributed by atoms with van der Waals surface area (Å²) in [4.78, 5) is 6.90. The second-order valence-electron chi connectivity index (χ2n) is 9.42. The fourth-order valence-corrected chi connectivity index (χ4v) is 4.63. The van der Waals surface area contributed by atoms with Crippen molar-refractivity contribution < 1.29 is 5.11 Å². The molecule has 6 heteroatoms. The van der Waals surface area contributed by atoms with Crippen molar-refractivity contribution in [1.82, 2.24) is 20.5 Å². The van der Waals surface area contributed by atoms with Crippen molar-refractivity contribution in [2.24, 2.45) is 0 Å². The van der Waals surface area contributed by atoms with Gasteiger partial charge in [0.25, 0.3) is 0 Å². The maximum atomic E-state index is 9.61. The van der Waals surface area contributed by atoms with Crippen LogP contribution in [-0.2, 0) is 0 Å². The Hall–Kier alpha value is -2.73. The number of hydrogen-bond acceptors (Lipinski definition) is 6. The molecule has 0 atom stereocenters. The standard InChI is InChI=1S/C23H29N5O/c1-22(2)13-16(14-23(3,4)27-22)28(5)21-11-10-20(25-26-21)19-8-6-15-12-17(29)7-9-18(15)24-19/h6-12,16,27,29H,13-14H2,1-5H3. The van der Waals surface area contributed by atoms with E-state index in [1.54, 1.807) is 12.1 Å². The number of anilines is 1. The largest absolute Gasteiger partial charge is 0.508 e. The Bertz CT molecular complexity index is 1010. The summed E-state index contributed by atoms with van der Waals surface area (Å²) < 4.78 is 0. The van der Waals surface area contributed by atoms with Gasteiger partial charge < -0.3 is 15.3 Å². The monoisotopic (exact) mass is 391 g/mol. The lowest BCUT2D eigenvalue weighted by molar-refractivity contribution is 0.160. The lowest BCUT2D eigenvalue weighted by Crippen LogP contribution is -2.62. The molecular formula is C23H29N5O. The Morgan fingerprint density at radius 2 is 1.62 bits per heavy atom. The van der Waals surface area contributed by atoms with Crippen LogP contribution in [0.4, 0.5) is 5.82 Å². The molecule has 0 unspecified atom stereocenters. The van der Waals surface area contributed by atoms with E-state index in [0.717, 1.165) is 41.0 Å². The summed E-state index contributed by atoms with van der Waals surface area (Å²) in [5.74, 6) is 1.11. The molecule has 3 aromatic rings. The average molecular weight is 392 g/mol. The maximum Gasteiger partial charge on any atom is 0.151 e. The summed E-state index contributed by atoms with van der Waals surface area (Å²) in [5, 5.41) is 23.2. The Balaban J connectivity index is 1.57. The molecule has 0 radical (unpaired) electrons. The molecule has 0 bridgehead atoms. The summed E-state index contributed by atoms with van der Waals surface area (Å²) in [7, 11) is 2.10. The number of nitrogens with zero attached hydrogens (tertiary/aromatic N) is 4. The SMILES string of the molecule is CN(c1ccc(-c2ccc3cc(O)ccc3n2)nn1)C1CC(C)(C)NC(C)(C)C1. The molecule has 4 rings (SSSR count). The van der Waals surface area contributed by atoms with Crippen LogP contribution >= 0.6 is 0 Å². The number of aromatic hydroxyl groups is 1. The smallest absolute Gasteiger partial charge is 0.151 e. The van der Waals surface area contributed by atoms with Crippen LogP contribution in [0.1, 0.15) is 40.5 Å². The van der Waals surface area contributed by atoms with E-state index >= 15 is 0 Å². The van der Waals surface area contributed by atoms with Gasteiger partial charge in [-0.15, -0.1) is 10.2 Å². The van der Waals surface area contributed by atoms with Gasteiger partial charge in [0.2, 0.25) is 0 Å². The van der Waals surface area contributed by atoms with Gasteiger partial charge in [0, 0.05) is 29.6 Å². The molecule has 1 fully saturated rings. The number of fused-ring (bicyclic) bond motifs is 1. The van der Waals surface area contributed by atoms with Crippen LogP contribution in [0.2, 0.25) is 0 Å². The molecule has 1 aliphatic heterocycles. The van der Waals surface area contributed by atoms with E-state index in [0.29, 0.717) is 6.04 Å². The Labute approximate surface area is 172 Å². The van der Waals surface area contributed by atoms with Crippen LogP contribution in [0.5, 0.6) is 5.75 Å². The molecule has 0 spiro atoms. The summed E-state index contributed by atoms with van der Waals surface area (Å²) in [6, 6.07) is 13.4. The maximum absolute atomic E-state index is 9.61. The topological polar surface area (TPSA) is 74.2 Å². The van der Waals surface area contributed by atoms with Crippen molar-refractivity contribution in [3.8, 4) is 17.1 Å². The van der Waals surface area contributed by atoms with Crippen LogP contribution in [-0.4, -0.2) is 44.5 Å². The number of benzene rings is 1. The van der Waals surface area contributed by atoms with Crippen molar-refractivity contribution in [2.45, 2.75) is 57.7 Å². The van der Waals surface area contributed by atoms with E-state index in [1.807, 2.05) is 30.3 Å². The van der Waals surface area contributed by atoms with Crippen molar-refractivity contribution in [3.05, 3.63) is 42.5 Å². The van der Waals surface area contributed by atoms with Crippen LogP contribution in [0.15, 0.2) is 42.5 Å². The molecule has 29 heavy (non-hydrogen) atoms. The van der Waals surface area contributed by atoms with Gasteiger partial charge >= 0.3 is 0 Å². The molecule has 2 N–H and O–H groups in total. The van der Waals surface area contributed by atoms with E-state index in [-0.39, 0.29) is 16.8 Å². The number of piperidine rings is 1. The number of pyridine rings is 1. The highest BCUT2D eigenvalue weighted by molar-refractivity contribution is 5.82. The number of aromatic nitrogens is 3. The Kier molecular flexibility index (Phi) is 4.69.